The summed E-state index contributed by atoms with van der Waals surface area (Å²) in [5, 5.41) is 10.6. The lowest BCUT2D eigenvalue weighted by atomic mass is 9.99. The summed E-state index contributed by atoms with van der Waals surface area (Å²) >= 11 is 0. The highest BCUT2D eigenvalue weighted by molar-refractivity contribution is 7.47. The topological polar surface area (TPSA) is 237 Å². The third-order valence-corrected chi connectivity index (χ3v) is 17.8. The Bertz CT molecular complexity index is 1940. The van der Waals surface area contributed by atoms with Gasteiger partial charge < -0.3 is 33.8 Å². The molecule has 0 aliphatic carbocycles. The lowest BCUT2D eigenvalue weighted by Crippen LogP contribution is -2.30. The number of allylic oxidation sites excluding steroid dienone is 8. The molecule has 17 nitrogen and oxygen atoms in total. The Kier molecular flexibility index (Phi) is 62.3. The maximum absolute atomic E-state index is 13.0. The minimum Gasteiger partial charge on any atom is -0.462 e. The molecule has 0 saturated heterocycles. The van der Waals surface area contributed by atoms with Crippen molar-refractivity contribution >= 4 is 39.5 Å². The van der Waals surface area contributed by atoms with E-state index in [1.54, 1.807) is 0 Å². The molecule has 0 aromatic rings. The standard InChI is InChI=1S/C72H132O17P2/c1-6-10-13-16-19-22-24-26-28-30-32-35-41-46-51-56-70(75)83-62-67(88-71(76)57-52-47-42-36-33-31-29-27-25-23-20-17-14-11-7-2)63-86-90(78,79)84-59-66(73)60-85-91(80,81)87-64-68(61-82-69(74)55-50-45-40-34-21-18-15-12-8-3)89-72(77)58-53-48-43-38-37-39-44-49-54-65(5)9-4/h22-29,65-68,73H,6-21,30-64H2,1-5H3,(H,78,79)(H,80,81)/b24-22-,25-23-,28-26-,29-27-/t65?,66-,67-,68-/m1/s1. The van der Waals surface area contributed by atoms with Gasteiger partial charge in [0.05, 0.1) is 26.4 Å². The van der Waals surface area contributed by atoms with Crippen molar-refractivity contribution in [3.8, 4) is 0 Å². The van der Waals surface area contributed by atoms with Crippen LogP contribution in [0.3, 0.4) is 0 Å². The minimum absolute atomic E-state index is 0.0781. The maximum atomic E-state index is 13.0. The van der Waals surface area contributed by atoms with Crippen molar-refractivity contribution in [1.82, 2.24) is 0 Å². The van der Waals surface area contributed by atoms with Gasteiger partial charge in [-0.3, -0.25) is 37.3 Å². The van der Waals surface area contributed by atoms with Crippen LogP contribution in [0.5, 0.6) is 0 Å². The molecule has 0 aromatic heterocycles. The van der Waals surface area contributed by atoms with Crippen LogP contribution in [-0.4, -0.2) is 96.7 Å². The second kappa shape index (κ2) is 64.4. The van der Waals surface area contributed by atoms with Crippen LogP contribution in [0.2, 0.25) is 0 Å². The molecule has 3 unspecified atom stereocenters. The van der Waals surface area contributed by atoms with Gasteiger partial charge >= 0.3 is 39.5 Å². The molecular weight excluding hydrogens is 1200 g/mol. The third kappa shape index (κ3) is 64.2. The quantitative estimate of drug-likeness (QED) is 0.0169. The molecule has 0 aliphatic rings. The summed E-state index contributed by atoms with van der Waals surface area (Å²) < 4.78 is 68.2. The van der Waals surface area contributed by atoms with Crippen molar-refractivity contribution in [2.75, 3.05) is 39.6 Å². The van der Waals surface area contributed by atoms with Gasteiger partial charge in [-0.15, -0.1) is 0 Å². The molecule has 0 bridgehead atoms. The average molecular weight is 1330 g/mol. The number of ether oxygens (including phenoxy) is 4. The van der Waals surface area contributed by atoms with E-state index in [1.807, 2.05) is 0 Å². The fourth-order valence-corrected chi connectivity index (χ4v) is 11.5. The van der Waals surface area contributed by atoms with Gasteiger partial charge in [-0.25, -0.2) is 9.13 Å². The summed E-state index contributed by atoms with van der Waals surface area (Å²) in [4.78, 5) is 72.5. The van der Waals surface area contributed by atoms with Crippen molar-refractivity contribution in [3.05, 3.63) is 48.6 Å². The van der Waals surface area contributed by atoms with Crippen molar-refractivity contribution < 1.29 is 80.2 Å². The number of hydrogen-bond donors (Lipinski definition) is 3. The van der Waals surface area contributed by atoms with Crippen LogP contribution in [0.25, 0.3) is 0 Å². The summed E-state index contributed by atoms with van der Waals surface area (Å²) in [7, 11) is -9.93. The minimum atomic E-state index is -4.97. The largest absolute Gasteiger partial charge is 0.472 e. The van der Waals surface area contributed by atoms with Crippen molar-refractivity contribution in [2.24, 2.45) is 5.92 Å². The van der Waals surface area contributed by atoms with Crippen LogP contribution in [0.1, 0.15) is 324 Å². The van der Waals surface area contributed by atoms with Gasteiger partial charge in [0.15, 0.2) is 12.2 Å². The number of phosphoric acid groups is 2. The monoisotopic (exact) mass is 1330 g/mol. The van der Waals surface area contributed by atoms with Gasteiger partial charge in [0, 0.05) is 25.7 Å². The van der Waals surface area contributed by atoms with Gasteiger partial charge in [0.25, 0.3) is 0 Å². The van der Waals surface area contributed by atoms with Gasteiger partial charge in [0.1, 0.15) is 19.3 Å². The summed E-state index contributed by atoms with van der Waals surface area (Å²) in [6.07, 6.45) is 57.0. The van der Waals surface area contributed by atoms with E-state index in [2.05, 4.69) is 83.2 Å². The fraction of sp³-hybridized carbons (Fsp3) is 0.833. The molecule has 0 heterocycles. The molecule has 0 saturated carbocycles. The third-order valence-electron chi connectivity index (χ3n) is 15.9. The van der Waals surface area contributed by atoms with Gasteiger partial charge in [-0.05, 0) is 83.0 Å². The van der Waals surface area contributed by atoms with Crippen molar-refractivity contribution in [3.63, 3.8) is 0 Å². The van der Waals surface area contributed by atoms with Crippen LogP contribution in [0, 0.1) is 5.92 Å². The highest BCUT2D eigenvalue weighted by Gasteiger charge is 2.30. The number of rotatable bonds is 68. The van der Waals surface area contributed by atoms with E-state index in [4.69, 9.17) is 37.0 Å². The molecule has 0 radical (unpaired) electrons. The zero-order valence-electron chi connectivity index (χ0n) is 57.9. The second-order valence-electron chi connectivity index (χ2n) is 24.8. The summed E-state index contributed by atoms with van der Waals surface area (Å²) in [6, 6.07) is 0. The predicted octanol–water partition coefficient (Wildman–Crippen LogP) is 20.0. The Morgan fingerprint density at radius 3 is 0.934 bits per heavy atom. The smallest absolute Gasteiger partial charge is 0.462 e. The van der Waals surface area contributed by atoms with E-state index in [-0.39, 0.29) is 25.7 Å². The van der Waals surface area contributed by atoms with Crippen molar-refractivity contribution in [1.29, 1.82) is 0 Å². The molecule has 91 heavy (non-hydrogen) atoms. The number of hydrogen-bond acceptors (Lipinski definition) is 15. The average Bonchev–Trinajstić information content (AvgIpc) is 3.74. The van der Waals surface area contributed by atoms with Crippen LogP contribution < -0.4 is 0 Å². The molecule has 0 fully saturated rings. The zero-order valence-corrected chi connectivity index (χ0v) is 59.7. The number of unbranched alkanes of at least 4 members (excludes halogenated alkanes) is 33. The number of aliphatic hydroxyl groups excluding tert-OH is 1. The maximum Gasteiger partial charge on any atom is 0.472 e. The fourth-order valence-electron chi connectivity index (χ4n) is 9.88. The summed E-state index contributed by atoms with van der Waals surface area (Å²) in [5.41, 5.74) is 0. The molecule has 0 spiro atoms. The number of carbonyl (C=O) groups is 4. The van der Waals surface area contributed by atoms with Gasteiger partial charge in [0.2, 0.25) is 0 Å². The lowest BCUT2D eigenvalue weighted by Gasteiger charge is -2.21. The first kappa shape index (κ1) is 88.0. The zero-order chi connectivity index (χ0) is 67.0. The first-order valence-corrected chi connectivity index (χ1v) is 39.3. The van der Waals surface area contributed by atoms with E-state index in [0.717, 1.165) is 128 Å². The highest BCUT2D eigenvalue weighted by Crippen LogP contribution is 2.45. The molecule has 3 N–H and O–H groups in total. The van der Waals surface area contributed by atoms with E-state index < -0.39 is 97.5 Å². The Balaban J connectivity index is 5.32. The lowest BCUT2D eigenvalue weighted by molar-refractivity contribution is -0.161. The molecule has 0 aromatic carbocycles. The van der Waals surface area contributed by atoms with E-state index in [0.29, 0.717) is 25.7 Å². The Labute approximate surface area is 553 Å². The first-order chi connectivity index (χ1) is 44.1. The molecular formula is C72H132O17P2. The summed E-state index contributed by atoms with van der Waals surface area (Å²) in [6.45, 7) is 7.10. The van der Waals surface area contributed by atoms with Crippen LogP contribution in [0.4, 0.5) is 0 Å². The number of phosphoric ester groups is 2. The van der Waals surface area contributed by atoms with Crippen LogP contribution >= 0.6 is 15.6 Å². The Hall–Kier alpha value is -2.98. The van der Waals surface area contributed by atoms with Gasteiger partial charge in [-0.2, -0.15) is 0 Å². The molecule has 532 valence electrons. The molecule has 19 heteroatoms. The normalized spacial score (nSPS) is 14.7. The molecule has 0 aliphatic heterocycles. The number of aliphatic hydroxyl groups is 1. The van der Waals surface area contributed by atoms with Crippen LogP contribution in [-0.2, 0) is 65.4 Å². The van der Waals surface area contributed by atoms with E-state index in [9.17, 15) is 43.2 Å². The highest BCUT2D eigenvalue weighted by atomic mass is 31.2. The van der Waals surface area contributed by atoms with E-state index in [1.165, 1.54) is 116 Å². The number of carbonyl (C=O) groups excluding carboxylic acids is 4. The first-order valence-electron chi connectivity index (χ1n) is 36.3. The van der Waals surface area contributed by atoms with Crippen molar-refractivity contribution in [2.45, 2.75) is 342 Å². The molecule has 0 rings (SSSR count). The van der Waals surface area contributed by atoms with Gasteiger partial charge in [-0.1, -0.05) is 269 Å². The van der Waals surface area contributed by atoms with Crippen LogP contribution in [0.15, 0.2) is 48.6 Å². The molecule has 6 atom stereocenters. The number of esters is 4. The second-order valence-corrected chi connectivity index (χ2v) is 27.8. The van der Waals surface area contributed by atoms with E-state index >= 15 is 0 Å². The predicted molar refractivity (Wildman–Crippen MR) is 367 cm³/mol. The Morgan fingerprint density at radius 2 is 0.615 bits per heavy atom. The SMILES string of the molecule is CCCCCC/C=C\C=C/CCCCCCCC(=O)OC[C@H](COP(=O)(O)OC[C@@H](O)COP(=O)(O)OC[C@@H](COC(=O)CCCCCCCCCCC)OC(=O)CCCCCCCCCCC(C)CC)OC(=O)CCCCCCC/C=C\C=C/CCCCCC. The summed E-state index contributed by atoms with van der Waals surface area (Å²) in [5.74, 6) is -1.42. The Morgan fingerprint density at radius 1 is 0.352 bits per heavy atom. The molecule has 0 amide bonds.